The van der Waals surface area contributed by atoms with Crippen LogP contribution in [0, 0.1) is 0 Å². The number of hydrogen-bond donors (Lipinski definition) is 2. The van der Waals surface area contributed by atoms with E-state index in [1.165, 1.54) is 0 Å². The summed E-state index contributed by atoms with van der Waals surface area (Å²) in [5, 5.41) is 13.9. The largest absolute Gasteiger partial charge is 1.00 e. The van der Waals surface area contributed by atoms with Gasteiger partial charge in [0.2, 0.25) is 0 Å². The third-order valence-corrected chi connectivity index (χ3v) is 0. The minimum atomic E-state index is -1.83. The van der Waals surface area contributed by atoms with Gasteiger partial charge in [0, 0.05) is 0 Å². The molecule has 0 saturated heterocycles. The van der Waals surface area contributed by atoms with Gasteiger partial charge in [-0.3, -0.25) is 0 Å². The molecule has 6 heavy (non-hydrogen) atoms. The van der Waals surface area contributed by atoms with Crippen molar-refractivity contribution in [2.24, 2.45) is 0 Å². The van der Waals surface area contributed by atoms with Crippen LogP contribution in [0.1, 0.15) is 2.85 Å². The topological polar surface area (TPSA) is 57.5 Å². The Morgan fingerprint density at radius 3 is 1.50 bits per heavy atom. The summed E-state index contributed by atoms with van der Waals surface area (Å²) in [6.07, 6.45) is -1.83. The molecule has 0 aromatic heterocycles. The first kappa shape index (κ1) is 15.7. The predicted octanol–water partition coefficient (Wildman–Crippen LogP) is -5.54. The van der Waals surface area contributed by atoms with Gasteiger partial charge in [0.05, 0.1) is 0 Å². The Hall–Kier alpha value is 2.08. The van der Waals surface area contributed by atoms with E-state index in [-0.39, 0.29) is 90.6 Å². The monoisotopic (exact) mass is 172 g/mol. The summed E-state index contributed by atoms with van der Waals surface area (Å²) < 4.78 is 0. The molecule has 0 aromatic carbocycles. The molecule has 2 N–H and O–H groups in total. The first-order chi connectivity index (χ1) is 1.73. The van der Waals surface area contributed by atoms with Crippen molar-refractivity contribution in [2.75, 3.05) is 0 Å². The molecule has 0 saturated carbocycles. The van der Waals surface area contributed by atoms with Gasteiger partial charge < -0.3 is 13.1 Å². The van der Waals surface area contributed by atoms with Crippen molar-refractivity contribution >= 4 is 6.16 Å². The van der Waals surface area contributed by atoms with Crippen molar-refractivity contribution < 1.29 is 106 Å². The molecule has 3 nitrogen and oxygen atoms in total. The molecule has 0 bridgehead atoms. The van der Waals surface area contributed by atoms with Gasteiger partial charge in [-0.2, -0.15) is 0 Å². The Kier molecular flexibility index (Phi) is 26.5. The normalized spacial score (nSPS) is 4.00. The molecule has 0 heterocycles. The van der Waals surface area contributed by atoms with E-state index in [1.807, 2.05) is 0 Å². The van der Waals surface area contributed by atoms with Crippen LogP contribution in [0.3, 0.4) is 0 Å². The van der Waals surface area contributed by atoms with Crippen molar-refractivity contribution in [3.05, 3.63) is 0 Å². The zero-order valence-electron chi connectivity index (χ0n) is 5.80. The molecular weight excluding hydrogens is 168 g/mol. The molecule has 0 aliphatic rings. The first-order valence-electron chi connectivity index (χ1n) is 0.651. The molecule has 28 valence electrons. The molecular formula is CH4NaO3Rb. The molecule has 0 amide bonds. The van der Waals surface area contributed by atoms with Gasteiger partial charge in [0.1, 0.15) is 0 Å². The van der Waals surface area contributed by atoms with E-state index in [4.69, 9.17) is 15.0 Å². The molecule has 0 atom stereocenters. The van der Waals surface area contributed by atoms with E-state index in [1.54, 1.807) is 0 Å². The molecule has 0 unspecified atom stereocenters. The van der Waals surface area contributed by atoms with Crippen LogP contribution in [0.2, 0.25) is 0 Å². The van der Waals surface area contributed by atoms with Gasteiger partial charge in [0.25, 0.3) is 0 Å². The van der Waals surface area contributed by atoms with Crippen molar-refractivity contribution in [1.82, 2.24) is 0 Å². The minimum Gasteiger partial charge on any atom is -1.00 e. The van der Waals surface area contributed by atoms with Crippen LogP contribution in [0.5, 0.6) is 0 Å². The van der Waals surface area contributed by atoms with Gasteiger partial charge >= 0.3 is 93.9 Å². The Bertz CT molecular complexity index is 40.3. The third-order valence-electron chi connectivity index (χ3n) is 0. The number of carboxylic acid groups (broad SMARTS) is 2. The van der Waals surface area contributed by atoms with Crippen molar-refractivity contribution in [3.8, 4) is 0 Å². The molecule has 0 spiro atoms. The van der Waals surface area contributed by atoms with Crippen LogP contribution in [0.15, 0.2) is 0 Å². The molecule has 0 aromatic rings. The van der Waals surface area contributed by atoms with Crippen LogP contribution in [-0.2, 0) is 0 Å². The summed E-state index contributed by atoms with van der Waals surface area (Å²) in [5.41, 5.74) is 0. The zero-order chi connectivity index (χ0) is 3.58. The second-order valence-electron chi connectivity index (χ2n) is 0.283. The maximum Gasteiger partial charge on any atom is 1.00 e. The third kappa shape index (κ3) is 36.3. The Morgan fingerprint density at radius 2 is 1.50 bits per heavy atom. The van der Waals surface area contributed by atoms with E-state index in [0.717, 1.165) is 0 Å². The van der Waals surface area contributed by atoms with Crippen molar-refractivity contribution in [1.29, 1.82) is 0 Å². The van der Waals surface area contributed by atoms with Gasteiger partial charge in [-0.15, -0.1) is 0 Å². The average Bonchev–Trinajstić information content (AvgIpc) is 0.811. The molecule has 0 aliphatic carbocycles. The maximum absolute atomic E-state index is 8.56. The van der Waals surface area contributed by atoms with E-state index in [9.17, 15) is 0 Å². The van der Waals surface area contributed by atoms with Crippen LogP contribution < -0.4 is 87.7 Å². The van der Waals surface area contributed by atoms with E-state index in [2.05, 4.69) is 0 Å². The van der Waals surface area contributed by atoms with E-state index >= 15 is 0 Å². The van der Waals surface area contributed by atoms with Crippen LogP contribution >= 0.6 is 0 Å². The molecule has 0 radical (unpaired) electrons. The zero-order valence-corrected chi connectivity index (χ0v) is 10.7. The summed E-state index contributed by atoms with van der Waals surface area (Å²) in [7, 11) is 0. The molecule has 0 aliphatic heterocycles. The Morgan fingerprint density at radius 1 is 1.50 bits per heavy atom. The first-order valence-corrected chi connectivity index (χ1v) is 0.651. The fourth-order valence-electron chi connectivity index (χ4n) is 0. The second kappa shape index (κ2) is 10.1. The summed E-state index contributed by atoms with van der Waals surface area (Å²) in [5.74, 6) is 0. The van der Waals surface area contributed by atoms with Gasteiger partial charge in [0.15, 0.2) is 0 Å². The fraction of sp³-hybridized carbons (Fsp3) is 0. The van der Waals surface area contributed by atoms with Crippen molar-refractivity contribution in [2.45, 2.75) is 0 Å². The van der Waals surface area contributed by atoms with Crippen LogP contribution in [-0.4, -0.2) is 16.4 Å². The fourth-order valence-corrected chi connectivity index (χ4v) is 0. The molecule has 5 heteroatoms. The number of hydrogen-bond acceptors (Lipinski definition) is 1. The SMILES string of the molecule is O=C(O)O.[H-].[H-].[Na+].[Rb+]. The maximum atomic E-state index is 8.56. The minimum absolute atomic E-state index is 0. The second-order valence-corrected chi connectivity index (χ2v) is 0.283. The Balaban J connectivity index is -0.00000000750. The summed E-state index contributed by atoms with van der Waals surface area (Å²) in [6, 6.07) is 0. The predicted molar refractivity (Wildman–Crippen MR) is 12.9 cm³/mol. The summed E-state index contributed by atoms with van der Waals surface area (Å²) in [4.78, 5) is 8.56. The Labute approximate surface area is 109 Å². The van der Waals surface area contributed by atoms with E-state index < -0.39 is 6.16 Å². The van der Waals surface area contributed by atoms with Gasteiger partial charge in [-0.1, -0.05) is 0 Å². The van der Waals surface area contributed by atoms with E-state index in [0.29, 0.717) is 0 Å². The van der Waals surface area contributed by atoms with Crippen LogP contribution in [0.4, 0.5) is 4.79 Å². The average molecular weight is 172 g/mol. The number of carbonyl (C=O) groups is 1. The summed E-state index contributed by atoms with van der Waals surface area (Å²) in [6.45, 7) is 0. The van der Waals surface area contributed by atoms with Crippen molar-refractivity contribution in [3.63, 3.8) is 0 Å². The summed E-state index contributed by atoms with van der Waals surface area (Å²) >= 11 is 0. The quantitative estimate of drug-likeness (QED) is 0.359. The van der Waals surface area contributed by atoms with Gasteiger partial charge in [-0.25, -0.2) is 4.79 Å². The number of rotatable bonds is 0. The standard InChI is InChI=1S/CH2O3.Na.Rb.2H/c2-1(3)4;;;;/h(H2,2,3,4);;;;/q;2*+1;2*-1. The smallest absolute Gasteiger partial charge is 1.00 e. The van der Waals surface area contributed by atoms with Gasteiger partial charge in [-0.05, 0) is 0 Å². The molecule has 0 rings (SSSR count). The molecule has 0 fully saturated rings. The van der Waals surface area contributed by atoms with Crippen LogP contribution in [0.25, 0.3) is 0 Å².